The predicted molar refractivity (Wildman–Crippen MR) is 69.6 cm³/mol. The van der Waals surface area contributed by atoms with Crippen LogP contribution >= 0.6 is 0 Å². The summed E-state index contributed by atoms with van der Waals surface area (Å²) in [7, 11) is 0. The van der Waals surface area contributed by atoms with Crippen molar-refractivity contribution in [1.82, 2.24) is 5.16 Å². The summed E-state index contributed by atoms with van der Waals surface area (Å²) in [6.07, 6.45) is 0.910. The van der Waals surface area contributed by atoms with Gasteiger partial charge in [0.2, 0.25) is 5.88 Å². The van der Waals surface area contributed by atoms with Crippen LogP contribution in [0.3, 0.4) is 0 Å². The second-order valence-electron chi connectivity index (χ2n) is 5.01. The molecule has 1 heterocycles. The Hall–Kier alpha value is -1.84. The van der Waals surface area contributed by atoms with Crippen LogP contribution in [0.4, 0.5) is 10.3 Å². The van der Waals surface area contributed by atoms with Crippen molar-refractivity contribution in [2.24, 2.45) is 0 Å². The summed E-state index contributed by atoms with van der Waals surface area (Å²) in [5.74, 6) is 0.00297. The van der Waals surface area contributed by atoms with E-state index in [2.05, 4.69) is 25.9 Å². The van der Waals surface area contributed by atoms with Crippen LogP contribution in [-0.2, 0) is 5.41 Å². The molecule has 4 heteroatoms. The number of halogens is 1. The van der Waals surface area contributed by atoms with Crippen molar-refractivity contribution in [2.45, 2.75) is 32.6 Å². The van der Waals surface area contributed by atoms with E-state index in [4.69, 9.17) is 10.3 Å². The molecule has 3 nitrogen and oxygen atoms in total. The van der Waals surface area contributed by atoms with Gasteiger partial charge >= 0.3 is 0 Å². The van der Waals surface area contributed by atoms with E-state index in [0.29, 0.717) is 0 Å². The molecule has 0 aliphatic heterocycles. The Labute approximate surface area is 106 Å². The number of anilines is 1. The van der Waals surface area contributed by atoms with Gasteiger partial charge in [0.15, 0.2) is 0 Å². The molecule has 0 saturated heterocycles. The van der Waals surface area contributed by atoms with Gasteiger partial charge in [0.1, 0.15) is 5.82 Å². The molecule has 18 heavy (non-hydrogen) atoms. The summed E-state index contributed by atoms with van der Waals surface area (Å²) in [6, 6.07) is 6.19. The van der Waals surface area contributed by atoms with Crippen LogP contribution in [0.2, 0.25) is 0 Å². The smallest absolute Gasteiger partial charge is 0.230 e. The Morgan fingerprint density at radius 3 is 2.44 bits per heavy atom. The Morgan fingerprint density at radius 2 is 1.89 bits per heavy atom. The first-order chi connectivity index (χ1) is 8.45. The first-order valence-corrected chi connectivity index (χ1v) is 5.97. The van der Waals surface area contributed by atoms with Gasteiger partial charge in [-0.3, -0.25) is 0 Å². The van der Waals surface area contributed by atoms with Gasteiger partial charge < -0.3 is 10.3 Å². The Kier molecular flexibility index (Phi) is 3.11. The Morgan fingerprint density at radius 1 is 1.28 bits per heavy atom. The minimum atomic E-state index is -0.273. The summed E-state index contributed by atoms with van der Waals surface area (Å²) in [5.41, 5.74) is 8.11. The molecule has 0 aliphatic rings. The average Bonchev–Trinajstić information content (AvgIpc) is 2.73. The van der Waals surface area contributed by atoms with E-state index in [1.807, 2.05) is 0 Å². The van der Waals surface area contributed by atoms with Crippen LogP contribution in [0, 0.1) is 5.82 Å². The normalized spacial score (nSPS) is 11.8. The molecule has 0 aliphatic carbocycles. The minimum absolute atomic E-state index is 0.134. The molecule has 0 unspecified atom stereocenters. The third kappa shape index (κ3) is 2.10. The summed E-state index contributed by atoms with van der Waals surface area (Å²) >= 11 is 0. The second kappa shape index (κ2) is 4.44. The average molecular weight is 248 g/mol. The first kappa shape index (κ1) is 12.6. The molecule has 96 valence electrons. The van der Waals surface area contributed by atoms with Gasteiger partial charge in [-0.25, -0.2) is 4.39 Å². The third-order valence-electron chi connectivity index (χ3n) is 3.38. The number of hydrogen-bond acceptors (Lipinski definition) is 3. The SMILES string of the molecule is CCC(C)(C)c1noc(N)c1-c1ccc(F)cc1. The van der Waals surface area contributed by atoms with Crippen molar-refractivity contribution in [3.8, 4) is 11.1 Å². The molecular weight excluding hydrogens is 231 g/mol. The van der Waals surface area contributed by atoms with E-state index in [-0.39, 0.29) is 17.1 Å². The lowest BCUT2D eigenvalue weighted by Crippen LogP contribution is -2.17. The van der Waals surface area contributed by atoms with E-state index >= 15 is 0 Å². The van der Waals surface area contributed by atoms with E-state index in [1.165, 1.54) is 12.1 Å². The van der Waals surface area contributed by atoms with Gasteiger partial charge in [-0.1, -0.05) is 38.1 Å². The molecule has 0 amide bonds. The van der Waals surface area contributed by atoms with Crippen molar-refractivity contribution in [3.63, 3.8) is 0 Å². The fraction of sp³-hybridized carbons (Fsp3) is 0.357. The van der Waals surface area contributed by atoms with Crippen LogP contribution in [-0.4, -0.2) is 5.16 Å². The largest absolute Gasteiger partial charge is 0.367 e. The van der Waals surface area contributed by atoms with Crippen LogP contribution < -0.4 is 5.73 Å². The van der Waals surface area contributed by atoms with Gasteiger partial charge in [-0.2, -0.15) is 0 Å². The predicted octanol–water partition coefficient (Wildman–Crippen LogP) is 3.75. The molecule has 2 N–H and O–H groups in total. The zero-order chi connectivity index (χ0) is 13.3. The molecule has 0 spiro atoms. The first-order valence-electron chi connectivity index (χ1n) is 5.97. The van der Waals surface area contributed by atoms with Gasteiger partial charge in [0, 0.05) is 5.41 Å². The van der Waals surface area contributed by atoms with E-state index in [0.717, 1.165) is 23.2 Å². The van der Waals surface area contributed by atoms with Crippen LogP contribution in [0.1, 0.15) is 32.9 Å². The lowest BCUT2D eigenvalue weighted by Gasteiger charge is -2.20. The topological polar surface area (TPSA) is 52.0 Å². The molecule has 0 bridgehead atoms. The maximum Gasteiger partial charge on any atom is 0.230 e. The number of hydrogen-bond donors (Lipinski definition) is 1. The maximum absolute atomic E-state index is 13.0. The highest BCUT2D eigenvalue weighted by Crippen LogP contribution is 2.38. The number of nitrogens with zero attached hydrogens (tertiary/aromatic N) is 1. The molecule has 2 rings (SSSR count). The maximum atomic E-state index is 13.0. The molecule has 0 fully saturated rings. The van der Waals surface area contributed by atoms with Gasteiger partial charge in [-0.15, -0.1) is 0 Å². The van der Waals surface area contributed by atoms with E-state index < -0.39 is 0 Å². The van der Waals surface area contributed by atoms with Crippen molar-refractivity contribution in [3.05, 3.63) is 35.8 Å². The lowest BCUT2D eigenvalue weighted by atomic mass is 9.83. The van der Waals surface area contributed by atoms with Crippen molar-refractivity contribution in [1.29, 1.82) is 0 Å². The Bertz CT molecular complexity index is 543. The molecule has 1 aromatic heterocycles. The van der Waals surface area contributed by atoms with Crippen LogP contribution in [0.5, 0.6) is 0 Å². The Balaban J connectivity index is 2.57. The zero-order valence-corrected chi connectivity index (χ0v) is 10.8. The highest BCUT2D eigenvalue weighted by atomic mass is 19.1. The highest BCUT2D eigenvalue weighted by Gasteiger charge is 2.28. The number of nitrogen functional groups attached to an aromatic ring is 1. The molecule has 0 radical (unpaired) electrons. The fourth-order valence-corrected chi connectivity index (χ4v) is 1.83. The molecular formula is C14H17FN2O. The summed E-state index contributed by atoms with van der Waals surface area (Å²) in [4.78, 5) is 0. The van der Waals surface area contributed by atoms with E-state index in [1.54, 1.807) is 12.1 Å². The molecule has 1 aromatic carbocycles. The number of benzene rings is 1. The number of rotatable bonds is 3. The minimum Gasteiger partial charge on any atom is -0.367 e. The summed E-state index contributed by atoms with van der Waals surface area (Å²) in [6.45, 7) is 6.24. The molecule has 2 aromatic rings. The number of aromatic nitrogens is 1. The number of nitrogens with two attached hydrogens (primary N) is 1. The summed E-state index contributed by atoms with van der Waals surface area (Å²) < 4.78 is 18.1. The van der Waals surface area contributed by atoms with Crippen molar-refractivity contribution >= 4 is 5.88 Å². The summed E-state index contributed by atoms with van der Waals surface area (Å²) in [5, 5.41) is 4.06. The van der Waals surface area contributed by atoms with Gasteiger partial charge in [0.25, 0.3) is 0 Å². The monoisotopic (exact) mass is 248 g/mol. The van der Waals surface area contributed by atoms with Gasteiger partial charge in [-0.05, 0) is 24.1 Å². The van der Waals surface area contributed by atoms with E-state index in [9.17, 15) is 4.39 Å². The standard InChI is InChI=1S/C14H17FN2O/c1-4-14(2,3)12-11(13(16)18-17-12)9-5-7-10(15)8-6-9/h5-8H,4,16H2,1-3H3. The van der Waals surface area contributed by atoms with Crippen LogP contribution in [0.25, 0.3) is 11.1 Å². The van der Waals surface area contributed by atoms with Gasteiger partial charge in [0.05, 0.1) is 11.3 Å². The van der Waals surface area contributed by atoms with Crippen LogP contribution in [0.15, 0.2) is 28.8 Å². The lowest BCUT2D eigenvalue weighted by molar-refractivity contribution is 0.391. The zero-order valence-electron chi connectivity index (χ0n) is 10.8. The fourth-order valence-electron chi connectivity index (χ4n) is 1.83. The molecule has 0 atom stereocenters. The quantitative estimate of drug-likeness (QED) is 0.900. The third-order valence-corrected chi connectivity index (χ3v) is 3.38. The molecule has 0 saturated carbocycles. The highest BCUT2D eigenvalue weighted by molar-refractivity contribution is 5.75. The van der Waals surface area contributed by atoms with Crippen molar-refractivity contribution in [2.75, 3.05) is 5.73 Å². The van der Waals surface area contributed by atoms with Crippen molar-refractivity contribution < 1.29 is 8.91 Å². The second-order valence-corrected chi connectivity index (χ2v) is 5.01.